The number of carbonyl (C=O) groups excluding carboxylic acids is 3. The molecule has 1 saturated heterocycles. The molecule has 0 aliphatic carbocycles. The number of ketones is 1. The minimum Gasteiger partial charge on any atom is -0.391 e. The van der Waals surface area contributed by atoms with Crippen LogP contribution >= 0.6 is 0 Å². The molecule has 1 aliphatic rings. The summed E-state index contributed by atoms with van der Waals surface area (Å²) in [5.74, 6) is -1.10. The second-order valence-corrected chi connectivity index (χ2v) is 9.84. The lowest BCUT2D eigenvalue weighted by atomic mass is 9.81. The standard InChI is InChI=1S/C25H48N4O4/c1-5-6-7-8-9-10-11-19-13-15-27-16-20(19)24(32)29-22(18(4)30)25(33)28-21(12-14-26)23(31)17(2)3/h17-22,27,30H,5-16,26H2,1-4H3,(H,28,33)(H,29,32)/t18?,19?,20?,21-,22-/m0/s1. The summed E-state index contributed by atoms with van der Waals surface area (Å²) >= 11 is 0. The summed E-state index contributed by atoms with van der Waals surface area (Å²) in [5, 5.41) is 19.0. The molecule has 8 nitrogen and oxygen atoms in total. The first-order valence-electron chi connectivity index (χ1n) is 13.0. The molecule has 1 rings (SSSR count). The Morgan fingerprint density at radius 3 is 2.33 bits per heavy atom. The summed E-state index contributed by atoms with van der Waals surface area (Å²) in [5.41, 5.74) is 5.62. The Labute approximate surface area is 200 Å². The molecule has 0 aromatic rings. The molecule has 1 aliphatic heterocycles. The van der Waals surface area contributed by atoms with Crippen molar-refractivity contribution in [3.05, 3.63) is 0 Å². The SMILES string of the molecule is CCCCCCCCC1CCNCC1C(=O)N[C@H](C(=O)N[C@@H](CCN)C(=O)C(C)C)C(C)O. The fourth-order valence-electron chi connectivity index (χ4n) is 4.53. The van der Waals surface area contributed by atoms with E-state index in [1.54, 1.807) is 13.8 Å². The number of rotatable bonds is 16. The number of nitrogens with one attached hydrogen (secondary N) is 3. The normalized spacial score (nSPS) is 21.3. The van der Waals surface area contributed by atoms with Crippen LogP contribution in [0.1, 0.15) is 85.5 Å². The average molecular weight is 469 g/mol. The van der Waals surface area contributed by atoms with Gasteiger partial charge in [0.05, 0.1) is 18.1 Å². The number of hydrogen-bond acceptors (Lipinski definition) is 6. The number of Topliss-reactive ketones (excluding diaryl/α,β-unsaturated/α-hetero) is 1. The number of piperidine rings is 1. The van der Waals surface area contributed by atoms with Crippen LogP contribution in [0.25, 0.3) is 0 Å². The Morgan fingerprint density at radius 1 is 1.06 bits per heavy atom. The van der Waals surface area contributed by atoms with Crippen LogP contribution < -0.4 is 21.7 Å². The highest BCUT2D eigenvalue weighted by molar-refractivity contribution is 5.94. The number of aliphatic hydroxyl groups is 1. The summed E-state index contributed by atoms with van der Waals surface area (Å²) in [6.45, 7) is 8.94. The minimum absolute atomic E-state index is 0.111. The van der Waals surface area contributed by atoms with Gasteiger partial charge in [-0.05, 0) is 45.2 Å². The van der Waals surface area contributed by atoms with Crippen LogP contribution in [-0.4, -0.2) is 60.5 Å². The van der Waals surface area contributed by atoms with Crippen molar-refractivity contribution in [2.75, 3.05) is 19.6 Å². The van der Waals surface area contributed by atoms with Crippen molar-refractivity contribution in [2.45, 2.75) is 104 Å². The lowest BCUT2D eigenvalue weighted by molar-refractivity contribution is -0.136. The van der Waals surface area contributed by atoms with Crippen molar-refractivity contribution in [3.8, 4) is 0 Å². The lowest BCUT2D eigenvalue weighted by Gasteiger charge is -2.33. The van der Waals surface area contributed by atoms with E-state index < -0.39 is 24.1 Å². The van der Waals surface area contributed by atoms with Gasteiger partial charge in [-0.25, -0.2) is 0 Å². The van der Waals surface area contributed by atoms with Crippen molar-refractivity contribution in [1.29, 1.82) is 0 Å². The van der Waals surface area contributed by atoms with Crippen molar-refractivity contribution >= 4 is 17.6 Å². The maximum atomic E-state index is 13.1. The van der Waals surface area contributed by atoms with E-state index in [1.165, 1.54) is 39.0 Å². The van der Waals surface area contributed by atoms with Gasteiger partial charge in [-0.15, -0.1) is 0 Å². The van der Waals surface area contributed by atoms with E-state index in [1.807, 2.05) is 0 Å². The van der Waals surface area contributed by atoms with Crippen molar-refractivity contribution < 1.29 is 19.5 Å². The molecule has 0 radical (unpaired) electrons. The highest BCUT2D eigenvalue weighted by Gasteiger charge is 2.35. The summed E-state index contributed by atoms with van der Waals surface area (Å²) in [6.07, 6.45) is 8.45. The molecule has 1 heterocycles. The molecular formula is C25H48N4O4. The first-order chi connectivity index (χ1) is 15.7. The van der Waals surface area contributed by atoms with Crippen LogP contribution in [0.5, 0.6) is 0 Å². The van der Waals surface area contributed by atoms with Crippen molar-refractivity contribution in [1.82, 2.24) is 16.0 Å². The van der Waals surface area contributed by atoms with E-state index in [-0.39, 0.29) is 36.0 Å². The van der Waals surface area contributed by atoms with Gasteiger partial charge in [0.25, 0.3) is 0 Å². The van der Waals surface area contributed by atoms with Crippen LogP contribution in [0.4, 0.5) is 0 Å². The molecule has 3 unspecified atom stereocenters. The highest BCUT2D eigenvalue weighted by atomic mass is 16.3. The molecule has 5 atom stereocenters. The maximum absolute atomic E-state index is 13.1. The van der Waals surface area contributed by atoms with Crippen LogP contribution in [0.2, 0.25) is 0 Å². The van der Waals surface area contributed by atoms with Gasteiger partial charge in [-0.2, -0.15) is 0 Å². The number of hydrogen-bond donors (Lipinski definition) is 5. The lowest BCUT2D eigenvalue weighted by Crippen LogP contribution is -2.58. The Hall–Kier alpha value is -1.51. The summed E-state index contributed by atoms with van der Waals surface area (Å²) in [7, 11) is 0. The smallest absolute Gasteiger partial charge is 0.245 e. The third kappa shape index (κ3) is 10.5. The minimum atomic E-state index is -1.12. The molecule has 0 aromatic carbocycles. The number of aliphatic hydroxyl groups excluding tert-OH is 1. The average Bonchev–Trinajstić information content (AvgIpc) is 2.78. The van der Waals surface area contributed by atoms with Gasteiger partial charge in [-0.1, -0.05) is 59.3 Å². The van der Waals surface area contributed by atoms with Crippen LogP contribution in [-0.2, 0) is 14.4 Å². The predicted molar refractivity (Wildman–Crippen MR) is 132 cm³/mol. The van der Waals surface area contributed by atoms with Gasteiger partial charge in [0.15, 0.2) is 5.78 Å². The number of carbonyl (C=O) groups is 3. The molecule has 8 heteroatoms. The molecule has 2 amide bonds. The molecule has 0 saturated carbocycles. The second kappa shape index (κ2) is 16.2. The van der Waals surface area contributed by atoms with Crippen molar-refractivity contribution in [3.63, 3.8) is 0 Å². The van der Waals surface area contributed by atoms with Gasteiger partial charge in [-0.3, -0.25) is 14.4 Å². The quantitative estimate of drug-likeness (QED) is 0.220. The van der Waals surface area contributed by atoms with E-state index in [9.17, 15) is 19.5 Å². The van der Waals surface area contributed by atoms with Crippen molar-refractivity contribution in [2.24, 2.45) is 23.5 Å². The number of unbranched alkanes of at least 4 members (excludes halogenated alkanes) is 5. The molecular weight excluding hydrogens is 420 g/mol. The zero-order valence-corrected chi connectivity index (χ0v) is 21.2. The fourth-order valence-corrected chi connectivity index (χ4v) is 4.53. The molecule has 6 N–H and O–H groups in total. The largest absolute Gasteiger partial charge is 0.391 e. The van der Waals surface area contributed by atoms with E-state index in [4.69, 9.17) is 5.73 Å². The van der Waals surface area contributed by atoms with Gasteiger partial charge in [0, 0.05) is 12.5 Å². The topological polar surface area (TPSA) is 134 Å². The first-order valence-corrected chi connectivity index (χ1v) is 13.0. The molecule has 33 heavy (non-hydrogen) atoms. The Morgan fingerprint density at radius 2 is 1.73 bits per heavy atom. The molecule has 1 fully saturated rings. The highest BCUT2D eigenvalue weighted by Crippen LogP contribution is 2.26. The predicted octanol–water partition coefficient (Wildman–Crippen LogP) is 1.89. The Kier molecular flexibility index (Phi) is 14.5. The Balaban J connectivity index is 2.72. The van der Waals surface area contributed by atoms with Gasteiger partial charge in [0.1, 0.15) is 6.04 Å². The van der Waals surface area contributed by atoms with E-state index in [0.717, 1.165) is 25.8 Å². The molecule has 0 aromatic heterocycles. The fraction of sp³-hybridized carbons (Fsp3) is 0.880. The maximum Gasteiger partial charge on any atom is 0.245 e. The van der Waals surface area contributed by atoms with Crippen LogP contribution in [0.15, 0.2) is 0 Å². The van der Waals surface area contributed by atoms with Gasteiger partial charge >= 0.3 is 0 Å². The van der Waals surface area contributed by atoms with Gasteiger partial charge in [0.2, 0.25) is 11.8 Å². The first kappa shape index (κ1) is 29.5. The monoisotopic (exact) mass is 468 g/mol. The van der Waals surface area contributed by atoms with Crippen LogP contribution in [0.3, 0.4) is 0 Å². The molecule has 0 spiro atoms. The Bertz CT molecular complexity index is 597. The summed E-state index contributed by atoms with van der Waals surface area (Å²) in [4.78, 5) is 38.5. The van der Waals surface area contributed by atoms with Crippen LogP contribution in [0, 0.1) is 17.8 Å². The number of nitrogens with two attached hydrogens (primary N) is 1. The third-order valence-electron chi connectivity index (χ3n) is 6.64. The van der Waals surface area contributed by atoms with E-state index in [2.05, 4.69) is 22.9 Å². The third-order valence-corrected chi connectivity index (χ3v) is 6.64. The summed E-state index contributed by atoms with van der Waals surface area (Å²) < 4.78 is 0. The molecule has 0 bridgehead atoms. The van der Waals surface area contributed by atoms with E-state index >= 15 is 0 Å². The summed E-state index contributed by atoms with van der Waals surface area (Å²) in [6, 6.07) is -1.84. The zero-order chi connectivity index (χ0) is 24.8. The van der Waals surface area contributed by atoms with Gasteiger partial charge < -0.3 is 26.8 Å². The second-order valence-electron chi connectivity index (χ2n) is 9.84. The molecule has 192 valence electrons. The number of amides is 2. The van der Waals surface area contributed by atoms with E-state index in [0.29, 0.717) is 13.0 Å². The zero-order valence-electron chi connectivity index (χ0n) is 21.2.